The van der Waals surface area contributed by atoms with E-state index in [1.165, 1.54) is 18.3 Å². The molecule has 0 saturated heterocycles. The SMILES string of the molecule is CS(=O)(=O)CCC(N)c1ncc(-c2cc(F)cc(F)c2)[nH]1. The van der Waals surface area contributed by atoms with Gasteiger partial charge < -0.3 is 10.7 Å². The minimum absolute atomic E-state index is 0.0568. The molecule has 0 bridgehead atoms. The van der Waals surface area contributed by atoms with Crippen LogP contribution in [0.25, 0.3) is 11.3 Å². The number of H-pyrrole nitrogens is 1. The number of imidazole rings is 1. The van der Waals surface area contributed by atoms with Crippen LogP contribution in [-0.2, 0) is 9.84 Å². The molecule has 0 fully saturated rings. The molecule has 0 amide bonds. The van der Waals surface area contributed by atoms with Gasteiger partial charge in [-0.15, -0.1) is 0 Å². The van der Waals surface area contributed by atoms with Crippen molar-refractivity contribution in [2.45, 2.75) is 12.5 Å². The number of nitrogens with one attached hydrogen (secondary N) is 1. The van der Waals surface area contributed by atoms with Crippen LogP contribution in [0, 0.1) is 11.6 Å². The summed E-state index contributed by atoms with van der Waals surface area (Å²) in [5.74, 6) is -1.07. The Morgan fingerprint density at radius 3 is 2.48 bits per heavy atom. The molecule has 0 spiro atoms. The molecule has 1 aromatic carbocycles. The molecule has 1 atom stereocenters. The Hall–Kier alpha value is -1.80. The van der Waals surface area contributed by atoms with E-state index >= 15 is 0 Å². The van der Waals surface area contributed by atoms with Crippen molar-refractivity contribution < 1.29 is 17.2 Å². The van der Waals surface area contributed by atoms with E-state index < -0.39 is 27.5 Å². The highest BCUT2D eigenvalue weighted by molar-refractivity contribution is 7.90. The summed E-state index contributed by atoms with van der Waals surface area (Å²) in [6, 6.07) is 2.52. The second-order valence-corrected chi connectivity index (χ2v) is 7.13. The van der Waals surface area contributed by atoms with Crippen LogP contribution in [0.2, 0.25) is 0 Å². The van der Waals surface area contributed by atoms with Gasteiger partial charge in [0.05, 0.1) is 23.7 Å². The van der Waals surface area contributed by atoms with Crippen molar-refractivity contribution in [1.82, 2.24) is 9.97 Å². The number of aromatic amines is 1. The van der Waals surface area contributed by atoms with E-state index in [0.717, 1.165) is 12.3 Å². The van der Waals surface area contributed by atoms with E-state index in [1.807, 2.05) is 0 Å². The number of nitrogens with two attached hydrogens (primary N) is 1. The molecule has 0 aliphatic rings. The second-order valence-electron chi connectivity index (χ2n) is 4.87. The minimum Gasteiger partial charge on any atom is -0.341 e. The third-order valence-corrected chi connectivity index (χ3v) is 3.90. The normalized spacial score (nSPS) is 13.3. The Balaban J connectivity index is 2.17. The van der Waals surface area contributed by atoms with Gasteiger partial charge in [-0.25, -0.2) is 22.2 Å². The van der Waals surface area contributed by atoms with Crippen molar-refractivity contribution in [3.05, 3.63) is 41.9 Å². The predicted molar refractivity (Wildman–Crippen MR) is 75.2 cm³/mol. The number of halogens is 2. The van der Waals surface area contributed by atoms with Crippen LogP contribution < -0.4 is 5.73 Å². The molecule has 1 aromatic heterocycles. The number of nitrogens with zero attached hydrogens (tertiary/aromatic N) is 1. The van der Waals surface area contributed by atoms with Crippen LogP contribution in [0.5, 0.6) is 0 Å². The lowest BCUT2D eigenvalue weighted by molar-refractivity contribution is 0.583. The first-order valence-corrected chi connectivity index (χ1v) is 8.25. The number of benzene rings is 1. The molecule has 0 saturated carbocycles. The van der Waals surface area contributed by atoms with Gasteiger partial charge in [-0.1, -0.05) is 0 Å². The van der Waals surface area contributed by atoms with Crippen molar-refractivity contribution in [3.63, 3.8) is 0 Å². The maximum atomic E-state index is 13.2. The zero-order valence-electron chi connectivity index (χ0n) is 11.3. The molecule has 8 heteroatoms. The van der Waals surface area contributed by atoms with E-state index in [0.29, 0.717) is 17.1 Å². The molecule has 21 heavy (non-hydrogen) atoms. The highest BCUT2D eigenvalue weighted by Crippen LogP contribution is 2.22. The van der Waals surface area contributed by atoms with E-state index in [9.17, 15) is 17.2 Å². The monoisotopic (exact) mass is 315 g/mol. The highest BCUT2D eigenvalue weighted by Gasteiger charge is 2.14. The number of rotatable bonds is 5. The van der Waals surface area contributed by atoms with Gasteiger partial charge in [0.15, 0.2) is 0 Å². The molecule has 0 aliphatic heterocycles. The first-order valence-electron chi connectivity index (χ1n) is 6.19. The Labute approximate surface area is 121 Å². The lowest BCUT2D eigenvalue weighted by atomic mass is 10.1. The van der Waals surface area contributed by atoms with Crippen molar-refractivity contribution in [2.75, 3.05) is 12.0 Å². The fraction of sp³-hybridized carbons (Fsp3) is 0.308. The van der Waals surface area contributed by atoms with Crippen molar-refractivity contribution in [1.29, 1.82) is 0 Å². The molecule has 0 aliphatic carbocycles. The number of hydrogen-bond donors (Lipinski definition) is 2. The van der Waals surface area contributed by atoms with E-state index in [4.69, 9.17) is 5.73 Å². The Morgan fingerprint density at radius 2 is 1.90 bits per heavy atom. The van der Waals surface area contributed by atoms with Crippen molar-refractivity contribution >= 4 is 9.84 Å². The second kappa shape index (κ2) is 5.90. The summed E-state index contributed by atoms with van der Waals surface area (Å²) in [5, 5.41) is 0. The Bertz CT molecular complexity index is 723. The van der Waals surface area contributed by atoms with Crippen LogP contribution >= 0.6 is 0 Å². The quantitative estimate of drug-likeness (QED) is 0.880. The van der Waals surface area contributed by atoms with E-state index in [2.05, 4.69) is 9.97 Å². The zero-order valence-corrected chi connectivity index (χ0v) is 12.1. The lowest BCUT2D eigenvalue weighted by Gasteiger charge is -2.07. The maximum Gasteiger partial charge on any atom is 0.147 e. The summed E-state index contributed by atoms with van der Waals surface area (Å²) in [6.07, 6.45) is 2.75. The first kappa shape index (κ1) is 15.6. The summed E-state index contributed by atoms with van der Waals surface area (Å²) in [5.41, 5.74) is 6.57. The molecule has 0 radical (unpaired) electrons. The molecule has 2 aromatic rings. The van der Waals surface area contributed by atoms with Gasteiger partial charge in [0.1, 0.15) is 27.3 Å². The Kier molecular flexibility index (Phi) is 4.38. The zero-order chi connectivity index (χ0) is 15.6. The summed E-state index contributed by atoms with van der Waals surface area (Å²) in [4.78, 5) is 6.89. The highest BCUT2D eigenvalue weighted by atomic mass is 32.2. The summed E-state index contributed by atoms with van der Waals surface area (Å²) in [6.45, 7) is 0. The lowest BCUT2D eigenvalue weighted by Crippen LogP contribution is -2.16. The van der Waals surface area contributed by atoms with Crippen molar-refractivity contribution in [2.24, 2.45) is 5.73 Å². The molecule has 1 unspecified atom stereocenters. The number of sulfone groups is 1. The van der Waals surface area contributed by atoms with E-state index in [1.54, 1.807) is 0 Å². The fourth-order valence-electron chi connectivity index (χ4n) is 1.86. The van der Waals surface area contributed by atoms with Gasteiger partial charge >= 0.3 is 0 Å². The fourth-order valence-corrected chi connectivity index (χ4v) is 2.54. The first-order chi connectivity index (χ1) is 9.74. The largest absolute Gasteiger partial charge is 0.341 e. The third-order valence-electron chi connectivity index (χ3n) is 2.92. The average molecular weight is 315 g/mol. The summed E-state index contributed by atoms with van der Waals surface area (Å²) in [7, 11) is -3.10. The molecule has 1 heterocycles. The topological polar surface area (TPSA) is 88.8 Å². The van der Waals surface area contributed by atoms with Crippen LogP contribution in [0.4, 0.5) is 8.78 Å². The van der Waals surface area contributed by atoms with Gasteiger partial charge in [0.2, 0.25) is 0 Å². The molecule has 114 valence electrons. The van der Waals surface area contributed by atoms with Crippen molar-refractivity contribution in [3.8, 4) is 11.3 Å². The van der Waals surface area contributed by atoms with Crippen LogP contribution in [0.3, 0.4) is 0 Å². The number of aromatic nitrogens is 2. The molecule has 3 N–H and O–H groups in total. The van der Waals surface area contributed by atoms with Gasteiger partial charge in [-0.05, 0) is 18.6 Å². The standard InChI is InChI=1S/C13H15F2N3O2S/c1-21(19,20)3-2-11(16)13-17-7-12(18-13)8-4-9(14)6-10(15)5-8/h4-7,11H,2-3,16H2,1H3,(H,17,18). The van der Waals surface area contributed by atoms with Crippen LogP contribution in [-0.4, -0.2) is 30.4 Å². The predicted octanol–water partition coefficient (Wildman–Crippen LogP) is 1.79. The minimum atomic E-state index is -3.10. The van der Waals surface area contributed by atoms with Gasteiger partial charge in [0.25, 0.3) is 0 Å². The number of hydrogen-bond acceptors (Lipinski definition) is 4. The van der Waals surface area contributed by atoms with Gasteiger partial charge in [0, 0.05) is 17.9 Å². The third kappa shape index (κ3) is 4.33. The van der Waals surface area contributed by atoms with Gasteiger partial charge in [-0.3, -0.25) is 0 Å². The Morgan fingerprint density at radius 1 is 1.29 bits per heavy atom. The maximum absolute atomic E-state index is 13.2. The van der Waals surface area contributed by atoms with E-state index in [-0.39, 0.29) is 12.2 Å². The van der Waals surface area contributed by atoms with Gasteiger partial charge in [-0.2, -0.15) is 0 Å². The molecule has 2 rings (SSSR count). The van der Waals surface area contributed by atoms with Crippen LogP contribution in [0.1, 0.15) is 18.3 Å². The summed E-state index contributed by atoms with van der Waals surface area (Å²) < 4.78 is 48.5. The molecular weight excluding hydrogens is 300 g/mol. The summed E-state index contributed by atoms with van der Waals surface area (Å²) >= 11 is 0. The van der Waals surface area contributed by atoms with Crippen LogP contribution in [0.15, 0.2) is 24.4 Å². The average Bonchev–Trinajstić information content (AvgIpc) is 2.83. The molecular formula is C13H15F2N3O2S. The molecule has 5 nitrogen and oxygen atoms in total. The smallest absolute Gasteiger partial charge is 0.147 e.